The largest absolute Gasteiger partial charge is 0.508 e. The van der Waals surface area contributed by atoms with Crippen molar-refractivity contribution in [1.29, 1.82) is 0 Å². The highest BCUT2D eigenvalue weighted by Gasteiger charge is 2.16. The molecule has 0 spiro atoms. The quantitative estimate of drug-likeness (QED) is 0.482. The maximum Gasteiger partial charge on any atom is 0.161 e. The molecular weight excluding hydrogens is 381 g/mol. The molecule has 0 saturated heterocycles. The molecule has 6 nitrogen and oxygen atoms in total. The molecule has 2 N–H and O–H groups in total. The van der Waals surface area contributed by atoms with Crippen molar-refractivity contribution in [2.75, 3.05) is 5.32 Å². The summed E-state index contributed by atoms with van der Waals surface area (Å²) in [6.45, 7) is 6.26. The van der Waals surface area contributed by atoms with Crippen LogP contribution in [0.15, 0.2) is 55.0 Å². The van der Waals surface area contributed by atoms with Gasteiger partial charge in [0.1, 0.15) is 17.4 Å². The molecular formula is C23H24FN5O. The first-order valence-electron chi connectivity index (χ1n) is 9.94. The molecule has 0 aliphatic carbocycles. The van der Waals surface area contributed by atoms with E-state index in [0.29, 0.717) is 11.3 Å². The van der Waals surface area contributed by atoms with Crippen molar-refractivity contribution in [1.82, 2.24) is 19.6 Å². The van der Waals surface area contributed by atoms with Crippen molar-refractivity contribution in [3.8, 4) is 17.0 Å². The molecule has 7 heteroatoms. The summed E-state index contributed by atoms with van der Waals surface area (Å²) < 4.78 is 15.5. The average Bonchev–Trinajstić information content (AvgIpc) is 3.14. The summed E-state index contributed by atoms with van der Waals surface area (Å²) >= 11 is 0. The van der Waals surface area contributed by atoms with E-state index in [9.17, 15) is 9.50 Å². The van der Waals surface area contributed by atoms with Gasteiger partial charge in [0.25, 0.3) is 0 Å². The monoisotopic (exact) mass is 405 g/mol. The van der Waals surface area contributed by atoms with Crippen molar-refractivity contribution in [2.45, 2.75) is 39.2 Å². The Morgan fingerprint density at radius 2 is 1.83 bits per heavy atom. The van der Waals surface area contributed by atoms with Gasteiger partial charge in [-0.25, -0.2) is 9.37 Å². The van der Waals surface area contributed by atoms with Crippen LogP contribution in [0.3, 0.4) is 0 Å². The molecule has 0 aliphatic rings. The van der Waals surface area contributed by atoms with Crippen molar-refractivity contribution in [2.24, 2.45) is 0 Å². The van der Waals surface area contributed by atoms with Crippen LogP contribution in [0.1, 0.15) is 37.8 Å². The second-order valence-corrected chi connectivity index (χ2v) is 7.82. The lowest BCUT2D eigenvalue weighted by Crippen LogP contribution is -2.20. The minimum Gasteiger partial charge on any atom is -0.508 e. The number of phenols is 1. The van der Waals surface area contributed by atoms with Crippen LogP contribution in [-0.2, 0) is 6.42 Å². The summed E-state index contributed by atoms with van der Waals surface area (Å²) in [5, 5.41) is 17.5. The predicted molar refractivity (Wildman–Crippen MR) is 115 cm³/mol. The fourth-order valence-electron chi connectivity index (χ4n) is 3.48. The number of benzene rings is 1. The zero-order valence-corrected chi connectivity index (χ0v) is 17.2. The highest BCUT2D eigenvalue weighted by Crippen LogP contribution is 2.27. The molecule has 0 amide bonds. The number of anilines is 1. The topological polar surface area (TPSA) is 75.3 Å². The Bertz CT molecular complexity index is 1170. The van der Waals surface area contributed by atoms with Gasteiger partial charge in [0.15, 0.2) is 5.65 Å². The standard InChI is InChI=1S/C23H24FN5O/c1-14(2)20-13-26-29-22(27-15(3)8-16-4-6-19(30)7-5-16)10-21(28-23(20)29)17-9-18(24)12-25-11-17/h4-7,9-15,27,30H,8H2,1-3H3/t15-/m0/s1. The lowest BCUT2D eigenvalue weighted by Gasteiger charge is -2.17. The lowest BCUT2D eigenvalue weighted by molar-refractivity contribution is 0.475. The zero-order chi connectivity index (χ0) is 21.3. The Hall–Kier alpha value is -3.48. The number of hydrogen-bond donors (Lipinski definition) is 2. The van der Waals surface area contributed by atoms with Gasteiger partial charge in [-0.15, -0.1) is 0 Å². The van der Waals surface area contributed by atoms with Crippen molar-refractivity contribution >= 4 is 11.5 Å². The Labute approximate surface area is 174 Å². The Balaban J connectivity index is 1.72. The summed E-state index contributed by atoms with van der Waals surface area (Å²) in [5.74, 6) is 0.874. The van der Waals surface area contributed by atoms with E-state index >= 15 is 0 Å². The molecule has 1 aromatic carbocycles. The fourth-order valence-corrected chi connectivity index (χ4v) is 3.48. The Morgan fingerprint density at radius 1 is 1.07 bits per heavy atom. The smallest absolute Gasteiger partial charge is 0.161 e. The first-order chi connectivity index (χ1) is 14.4. The van der Waals surface area contributed by atoms with E-state index in [2.05, 4.69) is 36.2 Å². The number of fused-ring (bicyclic) bond motifs is 1. The van der Waals surface area contributed by atoms with E-state index in [1.165, 1.54) is 12.3 Å². The Kier molecular flexibility index (Phi) is 5.35. The van der Waals surface area contributed by atoms with E-state index in [1.807, 2.05) is 24.4 Å². The van der Waals surface area contributed by atoms with Gasteiger partial charge in [0, 0.05) is 29.4 Å². The van der Waals surface area contributed by atoms with Crippen molar-refractivity contribution < 1.29 is 9.50 Å². The predicted octanol–water partition coefficient (Wildman–Crippen LogP) is 4.80. The highest BCUT2D eigenvalue weighted by atomic mass is 19.1. The number of pyridine rings is 1. The zero-order valence-electron chi connectivity index (χ0n) is 17.2. The molecule has 0 saturated carbocycles. The third-order valence-corrected chi connectivity index (χ3v) is 4.99. The van der Waals surface area contributed by atoms with Crippen LogP contribution in [0.25, 0.3) is 16.9 Å². The van der Waals surface area contributed by atoms with Crippen LogP contribution in [-0.4, -0.2) is 30.7 Å². The molecule has 0 bridgehead atoms. The van der Waals surface area contributed by atoms with Gasteiger partial charge in [0.2, 0.25) is 0 Å². The number of aromatic hydroxyl groups is 1. The number of hydrogen-bond acceptors (Lipinski definition) is 5. The van der Waals surface area contributed by atoms with Crippen LogP contribution in [0.2, 0.25) is 0 Å². The number of rotatable bonds is 6. The lowest BCUT2D eigenvalue weighted by atomic mass is 10.1. The average molecular weight is 405 g/mol. The molecule has 0 radical (unpaired) electrons. The molecule has 0 fully saturated rings. The second-order valence-electron chi connectivity index (χ2n) is 7.82. The molecule has 3 heterocycles. The maximum absolute atomic E-state index is 13.8. The first kappa shape index (κ1) is 19.8. The number of nitrogens with one attached hydrogen (secondary N) is 1. The van der Waals surface area contributed by atoms with E-state index in [4.69, 9.17) is 4.98 Å². The van der Waals surface area contributed by atoms with Crippen LogP contribution in [0, 0.1) is 5.82 Å². The van der Waals surface area contributed by atoms with Gasteiger partial charge in [-0.2, -0.15) is 9.61 Å². The maximum atomic E-state index is 13.8. The van der Waals surface area contributed by atoms with Gasteiger partial charge in [-0.05, 0) is 43.0 Å². The third kappa shape index (κ3) is 4.10. The van der Waals surface area contributed by atoms with Crippen LogP contribution < -0.4 is 5.32 Å². The molecule has 0 unspecified atom stereocenters. The van der Waals surface area contributed by atoms with Crippen LogP contribution in [0.5, 0.6) is 5.75 Å². The molecule has 4 rings (SSSR count). The van der Waals surface area contributed by atoms with Crippen LogP contribution >= 0.6 is 0 Å². The normalized spacial score (nSPS) is 12.4. The minimum atomic E-state index is -0.401. The Morgan fingerprint density at radius 3 is 2.53 bits per heavy atom. The number of halogens is 1. The van der Waals surface area contributed by atoms with Gasteiger partial charge < -0.3 is 10.4 Å². The second kappa shape index (κ2) is 8.10. The van der Waals surface area contributed by atoms with Crippen molar-refractivity contribution in [3.63, 3.8) is 0 Å². The minimum absolute atomic E-state index is 0.0883. The fraction of sp³-hybridized carbons (Fsp3) is 0.261. The molecule has 154 valence electrons. The molecule has 30 heavy (non-hydrogen) atoms. The van der Waals surface area contributed by atoms with Crippen molar-refractivity contribution in [3.05, 3.63) is 71.9 Å². The number of aromatic nitrogens is 4. The van der Waals surface area contributed by atoms with E-state index in [-0.39, 0.29) is 17.7 Å². The van der Waals surface area contributed by atoms with Gasteiger partial charge >= 0.3 is 0 Å². The van der Waals surface area contributed by atoms with E-state index in [1.54, 1.807) is 22.8 Å². The number of nitrogens with zero attached hydrogens (tertiary/aromatic N) is 4. The van der Waals surface area contributed by atoms with Gasteiger partial charge in [-0.3, -0.25) is 4.98 Å². The highest BCUT2D eigenvalue weighted by molar-refractivity contribution is 5.67. The molecule has 4 aromatic rings. The van der Waals surface area contributed by atoms with E-state index < -0.39 is 5.82 Å². The summed E-state index contributed by atoms with van der Waals surface area (Å²) in [6.07, 6.45) is 5.38. The number of phenolic OH excluding ortho intramolecular Hbond substituents is 1. The van der Waals surface area contributed by atoms with Crippen LogP contribution in [0.4, 0.5) is 10.2 Å². The van der Waals surface area contributed by atoms with Gasteiger partial charge in [0.05, 0.1) is 18.1 Å². The third-order valence-electron chi connectivity index (χ3n) is 4.99. The van der Waals surface area contributed by atoms with E-state index in [0.717, 1.165) is 29.0 Å². The molecule has 0 aliphatic heterocycles. The molecule has 3 aromatic heterocycles. The first-order valence-corrected chi connectivity index (χ1v) is 9.94. The SMILES string of the molecule is CC(C)c1cnn2c(N[C@@H](C)Cc3ccc(O)cc3)cc(-c3cncc(F)c3)nc12. The summed E-state index contributed by atoms with van der Waals surface area (Å²) in [5.41, 5.74) is 4.12. The van der Waals surface area contributed by atoms with Gasteiger partial charge in [-0.1, -0.05) is 26.0 Å². The molecule has 1 atom stereocenters. The summed E-state index contributed by atoms with van der Waals surface area (Å²) in [7, 11) is 0. The summed E-state index contributed by atoms with van der Waals surface area (Å²) in [6, 6.07) is 10.6. The summed E-state index contributed by atoms with van der Waals surface area (Å²) in [4.78, 5) is 8.72.